The van der Waals surface area contributed by atoms with E-state index in [1.54, 1.807) is 0 Å². The van der Waals surface area contributed by atoms with Crippen LogP contribution in [0.3, 0.4) is 0 Å². The number of allylic oxidation sites excluding steroid dienone is 1. The van der Waals surface area contributed by atoms with Gasteiger partial charge in [0.05, 0.1) is 17.9 Å². The number of nitrogens with zero attached hydrogens (tertiary/aromatic N) is 1. The van der Waals surface area contributed by atoms with E-state index in [2.05, 4.69) is 30.2 Å². The Morgan fingerprint density at radius 3 is 2.75 bits per heavy atom. The number of rotatable bonds is 5. The van der Waals surface area contributed by atoms with Crippen molar-refractivity contribution in [2.75, 3.05) is 27.2 Å². The summed E-state index contributed by atoms with van der Waals surface area (Å²) in [6.45, 7) is 5.94. The van der Waals surface area contributed by atoms with E-state index in [1.165, 1.54) is 5.57 Å². The van der Waals surface area contributed by atoms with Gasteiger partial charge in [0, 0.05) is 12.6 Å². The quantitative estimate of drug-likeness (QED) is 0.776. The summed E-state index contributed by atoms with van der Waals surface area (Å²) in [4.78, 5) is 4.33. The molecule has 1 aliphatic rings. The summed E-state index contributed by atoms with van der Waals surface area (Å²) in [5, 5.41) is 3.21. The molecule has 0 amide bonds. The molecule has 16 heavy (non-hydrogen) atoms. The minimum Gasteiger partial charge on any atom is -0.364 e. The molecule has 92 valence electrons. The number of hydrogen-bond acceptors (Lipinski definition) is 3. The Kier molecular flexibility index (Phi) is 5.16. The second-order valence-electron chi connectivity index (χ2n) is 4.26. The van der Waals surface area contributed by atoms with Crippen molar-refractivity contribution in [3.63, 3.8) is 0 Å². The zero-order valence-electron chi connectivity index (χ0n) is 11.0. The molecule has 0 bridgehead atoms. The molecular weight excluding hydrogens is 200 g/mol. The fraction of sp³-hybridized carbons (Fsp3) is 0.769. The van der Waals surface area contributed by atoms with E-state index < -0.39 is 0 Å². The Morgan fingerprint density at radius 2 is 2.25 bits per heavy atom. The van der Waals surface area contributed by atoms with Crippen molar-refractivity contribution in [1.82, 2.24) is 5.32 Å². The molecule has 3 nitrogen and oxygen atoms in total. The van der Waals surface area contributed by atoms with Crippen LogP contribution in [0.2, 0.25) is 0 Å². The lowest BCUT2D eigenvalue weighted by Gasteiger charge is -2.29. The van der Waals surface area contributed by atoms with E-state index in [4.69, 9.17) is 4.74 Å². The maximum absolute atomic E-state index is 6.05. The third kappa shape index (κ3) is 2.53. The average molecular weight is 224 g/mol. The van der Waals surface area contributed by atoms with Crippen LogP contribution < -0.4 is 5.32 Å². The Balaban J connectivity index is 2.92. The minimum atomic E-state index is -0.0959. The highest BCUT2D eigenvalue weighted by molar-refractivity contribution is 6.04. The van der Waals surface area contributed by atoms with Crippen LogP contribution in [0.1, 0.15) is 33.1 Å². The molecule has 0 aromatic rings. The molecule has 1 aliphatic heterocycles. The summed E-state index contributed by atoms with van der Waals surface area (Å²) in [6, 6.07) is 0. The molecule has 0 aromatic carbocycles. The zero-order chi connectivity index (χ0) is 12.0. The molecule has 3 heteroatoms. The van der Waals surface area contributed by atoms with Crippen LogP contribution in [0.5, 0.6) is 0 Å². The molecular formula is C13H24N2O. The Bertz CT molecular complexity index is 284. The maximum atomic E-state index is 6.05. The summed E-state index contributed by atoms with van der Waals surface area (Å²) in [7, 11) is 3.83. The molecule has 1 fully saturated rings. The first-order valence-corrected chi connectivity index (χ1v) is 6.15. The Labute approximate surface area is 99.0 Å². The standard InChI is InChI=1S/C13H24N2O/c1-5-7-13(8-9-14-3)11(6-2)12(15-4)10-16-13/h6,14H,5,7-10H2,1-4H3/t13-/m0/s1. The van der Waals surface area contributed by atoms with Gasteiger partial charge < -0.3 is 10.1 Å². The topological polar surface area (TPSA) is 33.6 Å². The van der Waals surface area contributed by atoms with Crippen LogP contribution in [0.15, 0.2) is 16.6 Å². The second kappa shape index (κ2) is 6.16. The van der Waals surface area contributed by atoms with Crippen molar-refractivity contribution in [2.45, 2.75) is 38.7 Å². The highest BCUT2D eigenvalue weighted by atomic mass is 16.5. The van der Waals surface area contributed by atoms with Gasteiger partial charge in [-0.15, -0.1) is 0 Å². The molecule has 0 spiro atoms. The summed E-state index contributed by atoms with van der Waals surface area (Å²) in [5.41, 5.74) is 2.32. The molecule has 1 atom stereocenters. The highest BCUT2D eigenvalue weighted by Gasteiger charge is 2.41. The molecule has 0 radical (unpaired) electrons. The van der Waals surface area contributed by atoms with Gasteiger partial charge in [0.2, 0.25) is 0 Å². The van der Waals surface area contributed by atoms with E-state index >= 15 is 0 Å². The van der Waals surface area contributed by atoms with Gasteiger partial charge in [0.1, 0.15) is 0 Å². The number of hydrogen-bond donors (Lipinski definition) is 1. The lowest BCUT2D eigenvalue weighted by molar-refractivity contribution is 0.0147. The van der Waals surface area contributed by atoms with Crippen molar-refractivity contribution >= 4 is 5.71 Å². The largest absolute Gasteiger partial charge is 0.364 e. The number of nitrogens with one attached hydrogen (secondary N) is 1. The first-order valence-electron chi connectivity index (χ1n) is 6.15. The van der Waals surface area contributed by atoms with Crippen molar-refractivity contribution in [1.29, 1.82) is 0 Å². The van der Waals surface area contributed by atoms with Crippen molar-refractivity contribution in [3.05, 3.63) is 11.6 Å². The van der Waals surface area contributed by atoms with Gasteiger partial charge in [-0.3, -0.25) is 4.99 Å². The first-order chi connectivity index (χ1) is 7.74. The predicted molar refractivity (Wildman–Crippen MR) is 69.3 cm³/mol. The molecule has 0 unspecified atom stereocenters. The predicted octanol–water partition coefficient (Wildman–Crippen LogP) is 2.18. The van der Waals surface area contributed by atoms with Crippen LogP contribution in [0, 0.1) is 0 Å². The number of aliphatic imine (C=N–C) groups is 1. The monoisotopic (exact) mass is 224 g/mol. The molecule has 1 heterocycles. The van der Waals surface area contributed by atoms with Crippen LogP contribution in [-0.4, -0.2) is 38.6 Å². The second-order valence-corrected chi connectivity index (χ2v) is 4.26. The maximum Gasteiger partial charge on any atom is 0.0963 e. The fourth-order valence-corrected chi connectivity index (χ4v) is 2.51. The molecule has 0 saturated carbocycles. The summed E-state index contributed by atoms with van der Waals surface area (Å²) in [5.74, 6) is 0. The average Bonchev–Trinajstić information content (AvgIpc) is 2.65. The normalized spacial score (nSPS) is 30.5. The van der Waals surface area contributed by atoms with Crippen molar-refractivity contribution in [2.24, 2.45) is 4.99 Å². The van der Waals surface area contributed by atoms with Gasteiger partial charge in [-0.25, -0.2) is 0 Å². The van der Waals surface area contributed by atoms with Gasteiger partial charge in [-0.05, 0) is 33.4 Å². The van der Waals surface area contributed by atoms with Crippen molar-refractivity contribution < 1.29 is 4.74 Å². The van der Waals surface area contributed by atoms with Gasteiger partial charge in [0.15, 0.2) is 0 Å². The molecule has 1 N–H and O–H groups in total. The fourth-order valence-electron chi connectivity index (χ4n) is 2.51. The Hall–Kier alpha value is -0.670. The highest BCUT2D eigenvalue weighted by Crippen LogP contribution is 2.36. The first kappa shape index (κ1) is 13.4. The van der Waals surface area contributed by atoms with E-state index in [0.29, 0.717) is 6.61 Å². The molecule has 1 saturated heterocycles. The zero-order valence-corrected chi connectivity index (χ0v) is 11.0. The molecule has 1 rings (SSSR count). The van der Waals surface area contributed by atoms with Crippen molar-refractivity contribution in [3.8, 4) is 0 Å². The number of ether oxygens (including phenoxy) is 1. The SMILES string of the molecule is CC=C1C(=NC)CO[C@@]1(CCC)CCNC. The van der Waals surface area contributed by atoms with E-state index in [1.807, 2.05) is 14.1 Å². The lowest BCUT2D eigenvalue weighted by atomic mass is 9.85. The minimum absolute atomic E-state index is 0.0959. The third-order valence-electron chi connectivity index (χ3n) is 3.28. The van der Waals surface area contributed by atoms with Gasteiger partial charge in [0.25, 0.3) is 0 Å². The third-order valence-corrected chi connectivity index (χ3v) is 3.28. The Morgan fingerprint density at radius 1 is 1.50 bits per heavy atom. The van der Waals surface area contributed by atoms with E-state index in [-0.39, 0.29) is 5.60 Å². The molecule has 0 aliphatic carbocycles. The summed E-state index contributed by atoms with van der Waals surface area (Å²) >= 11 is 0. The van der Waals surface area contributed by atoms with Crippen LogP contribution in [0.4, 0.5) is 0 Å². The summed E-state index contributed by atoms with van der Waals surface area (Å²) in [6.07, 6.45) is 5.40. The van der Waals surface area contributed by atoms with Gasteiger partial charge in [-0.1, -0.05) is 19.4 Å². The van der Waals surface area contributed by atoms with Crippen LogP contribution >= 0.6 is 0 Å². The lowest BCUT2D eigenvalue weighted by Crippen LogP contribution is -2.34. The van der Waals surface area contributed by atoms with Gasteiger partial charge >= 0.3 is 0 Å². The van der Waals surface area contributed by atoms with E-state index in [0.717, 1.165) is 31.5 Å². The summed E-state index contributed by atoms with van der Waals surface area (Å²) < 4.78 is 6.05. The van der Waals surface area contributed by atoms with Gasteiger partial charge in [-0.2, -0.15) is 0 Å². The van der Waals surface area contributed by atoms with E-state index in [9.17, 15) is 0 Å². The van der Waals surface area contributed by atoms with Crippen LogP contribution in [-0.2, 0) is 4.74 Å². The molecule has 0 aromatic heterocycles. The smallest absolute Gasteiger partial charge is 0.0963 e. The van der Waals surface area contributed by atoms with Crippen LogP contribution in [0.25, 0.3) is 0 Å².